The zero-order valence-electron chi connectivity index (χ0n) is 14.2. The highest BCUT2D eigenvalue weighted by molar-refractivity contribution is 7.14. The van der Waals surface area contributed by atoms with Crippen molar-refractivity contribution in [1.82, 2.24) is 4.98 Å². The molecule has 26 heavy (non-hydrogen) atoms. The van der Waals surface area contributed by atoms with Gasteiger partial charge in [-0.3, -0.25) is 19.7 Å². The summed E-state index contributed by atoms with van der Waals surface area (Å²) in [6, 6.07) is 6.33. The van der Waals surface area contributed by atoms with E-state index >= 15 is 0 Å². The number of aromatic nitrogens is 1. The Kier molecular flexibility index (Phi) is 5.13. The standard InChI is InChI=1S/C18H16N2O5S/c1-3-24-16(22)7-11-9-26-18(19-11)20-17(23)15-8-13(21)12-6-10(2)4-5-14(12)25-15/h4-6,8-9H,3,7H2,1-2H3,(H,19,20,23). The number of amides is 1. The van der Waals surface area contributed by atoms with Crippen molar-refractivity contribution in [1.29, 1.82) is 0 Å². The molecule has 0 aliphatic rings. The van der Waals surface area contributed by atoms with Crippen LogP contribution in [0, 0.1) is 6.92 Å². The van der Waals surface area contributed by atoms with Crippen molar-refractivity contribution in [2.45, 2.75) is 20.3 Å². The summed E-state index contributed by atoms with van der Waals surface area (Å²) in [4.78, 5) is 40.2. The molecule has 2 aromatic heterocycles. The molecule has 0 radical (unpaired) electrons. The van der Waals surface area contributed by atoms with Crippen molar-refractivity contribution >= 4 is 39.3 Å². The summed E-state index contributed by atoms with van der Waals surface area (Å²) in [6.07, 6.45) is 0.0324. The summed E-state index contributed by atoms with van der Waals surface area (Å²) in [6.45, 7) is 3.90. The van der Waals surface area contributed by atoms with Gasteiger partial charge in [-0.2, -0.15) is 0 Å². The largest absolute Gasteiger partial charge is 0.466 e. The molecule has 0 spiro atoms. The lowest BCUT2D eigenvalue weighted by Gasteiger charge is -2.03. The fraction of sp³-hybridized carbons (Fsp3) is 0.222. The second kappa shape index (κ2) is 7.49. The van der Waals surface area contributed by atoms with Gasteiger partial charge in [0.05, 0.1) is 24.1 Å². The van der Waals surface area contributed by atoms with E-state index in [-0.39, 0.29) is 23.6 Å². The Hall–Kier alpha value is -3.00. The van der Waals surface area contributed by atoms with Gasteiger partial charge in [-0.25, -0.2) is 4.98 Å². The van der Waals surface area contributed by atoms with Gasteiger partial charge in [-0.05, 0) is 26.0 Å². The molecule has 2 heterocycles. The third kappa shape index (κ3) is 3.97. The van der Waals surface area contributed by atoms with Crippen LogP contribution >= 0.6 is 11.3 Å². The summed E-state index contributed by atoms with van der Waals surface area (Å²) >= 11 is 1.17. The number of aryl methyl sites for hydroxylation is 1. The van der Waals surface area contributed by atoms with Crippen molar-refractivity contribution < 1.29 is 18.7 Å². The molecule has 1 amide bonds. The lowest BCUT2D eigenvalue weighted by atomic mass is 10.1. The monoisotopic (exact) mass is 372 g/mol. The van der Waals surface area contributed by atoms with Crippen LogP contribution in [0.4, 0.5) is 5.13 Å². The van der Waals surface area contributed by atoms with Crippen LogP contribution in [0.2, 0.25) is 0 Å². The number of rotatable bonds is 5. The molecular weight excluding hydrogens is 356 g/mol. The maximum Gasteiger partial charge on any atom is 0.311 e. The minimum atomic E-state index is -0.582. The molecular formula is C18H16N2O5S. The number of carbonyl (C=O) groups is 2. The van der Waals surface area contributed by atoms with Crippen LogP contribution in [-0.2, 0) is 16.0 Å². The molecule has 8 heteroatoms. The van der Waals surface area contributed by atoms with E-state index in [0.29, 0.717) is 28.4 Å². The molecule has 0 fully saturated rings. The molecule has 0 aliphatic heterocycles. The number of ether oxygens (including phenoxy) is 1. The quantitative estimate of drug-likeness (QED) is 0.692. The number of esters is 1. The molecule has 3 aromatic rings. The number of benzene rings is 1. The molecule has 1 aromatic carbocycles. The van der Waals surface area contributed by atoms with Crippen LogP contribution < -0.4 is 10.7 Å². The Morgan fingerprint density at radius 1 is 1.31 bits per heavy atom. The Labute approximate surface area is 152 Å². The molecule has 1 N–H and O–H groups in total. The predicted molar refractivity (Wildman–Crippen MR) is 97.6 cm³/mol. The maximum absolute atomic E-state index is 12.3. The molecule has 0 bridgehead atoms. The SMILES string of the molecule is CCOC(=O)Cc1csc(NC(=O)c2cc(=O)c3cc(C)ccc3o2)n1. The molecule has 134 valence electrons. The van der Waals surface area contributed by atoms with Gasteiger partial charge in [0.1, 0.15) is 5.58 Å². The van der Waals surface area contributed by atoms with Crippen LogP contribution in [0.15, 0.2) is 38.9 Å². The number of thiazole rings is 1. The van der Waals surface area contributed by atoms with E-state index in [1.54, 1.807) is 30.5 Å². The third-order valence-electron chi connectivity index (χ3n) is 3.51. The van der Waals surface area contributed by atoms with Gasteiger partial charge in [0.2, 0.25) is 0 Å². The Morgan fingerprint density at radius 3 is 2.88 bits per heavy atom. The van der Waals surface area contributed by atoms with Crippen molar-refractivity contribution in [3.8, 4) is 0 Å². The topological polar surface area (TPSA) is 98.5 Å². The first-order chi connectivity index (χ1) is 12.5. The van der Waals surface area contributed by atoms with E-state index in [4.69, 9.17) is 9.15 Å². The number of carbonyl (C=O) groups excluding carboxylic acids is 2. The summed E-state index contributed by atoms with van der Waals surface area (Å²) in [5.74, 6) is -1.07. The van der Waals surface area contributed by atoms with Gasteiger partial charge in [0, 0.05) is 11.4 Å². The highest BCUT2D eigenvalue weighted by Crippen LogP contribution is 2.19. The Balaban J connectivity index is 1.77. The van der Waals surface area contributed by atoms with Crippen molar-refractivity contribution in [2.75, 3.05) is 11.9 Å². The van der Waals surface area contributed by atoms with E-state index < -0.39 is 5.91 Å². The Morgan fingerprint density at radius 2 is 2.12 bits per heavy atom. The van der Waals surface area contributed by atoms with Crippen LogP contribution in [0.3, 0.4) is 0 Å². The summed E-state index contributed by atoms with van der Waals surface area (Å²) in [5, 5.41) is 4.96. The minimum Gasteiger partial charge on any atom is -0.466 e. The average Bonchev–Trinajstić information content (AvgIpc) is 3.02. The smallest absolute Gasteiger partial charge is 0.311 e. The molecule has 0 unspecified atom stereocenters. The second-order valence-electron chi connectivity index (χ2n) is 5.55. The molecule has 7 nitrogen and oxygen atoms in total. The highest BCUT2D eigenvalue weighted by Gasteiger charge is 2.15. The van der Waals surface area contributed by atoms with Crippen LogP contribution in [0.1, 0.15) is 28.7 Å². The lowest BCUT2D eigenvalue weighted by Crippen LogP contribution is -2.15. The summed E-state index contributed by atoms with van der Waals surface area (Å²) in [5.41, 5.74) is 1.48. The lowest BCUT2D eigenvalue weighted by molar-refractivity contribution is -0.142. The first-order valence-electron chi connectivity index (χ1n) is 7.92. The zero-order chi connectivity index (χ0) is 18.7. The van der Waals surface area contributed by atoms with Crippen LogP contribution in [0.25, 0.3) is 11.0 Å². The van der Waals surface area contributed by atoms with Gasteiger partial charge < -0.3 is 9.15 Å². The van der Waals surface area contributed by atoms with Crippen molar-refractivity contribution in [2.24, 2.45) is 0 Å². The van der Waals surface area contributed by atoms with E-state index in [0.717, 1.165) is 11.6 Å². The summed E-state index contributed by atoms with van der Waals surface area (Å²) < 4.78 is 10.4. The normalized spacial score (nSPS) is 10.7. The average molecular weight is 372 g/mol. The van der Waals surface area contributed by atoms with E-state index in [2.05, 4.69) is 10.3 Å². The molecule has 0 atom stereocenters. The Bertz CT molecular complexity index is 1040. The number of nitrogens with one attached hydrogen (secondary N) is 1. The van der Waals surface area contributed by atoms with Crippen LogP contribution in [-0.4, -0.2) is 23.5 Å². The fourth-order valence-corrected chi connectivity index (χ4v) is 3.05. The molecule has 0 saturated carbocycles. The van der Waals surface area contributed by atoms with Crippen molar-refractivity contribution in [3.05, 3.63) is 56.9 Å². The van der Waals surface area contributed by atoms with Crippen LogP contribution in [0.5, 0.6) is 0 Å². The fourth-order valence-electron chi connectivity index (χ4n) is 2.35. The molecule has 3 rings (SSSR count). The van der Waals surface area contributed by atoms with E-state index in [1.165, 1.54) is 11.3 Å². The van der Waals surface area contributed by atoms with Gasteiger partial charge >= 0.3 is 5.97 Å². The zero-order valence-corrected chi connectivity index (χ0v) is 15.0. The highest BCUT2D eigenvalue weighted by atomic mass is 32.1. The second-order valence-corrected chi connectivity index (χ2v) is 6.41. The number of anilines is 1. The maximum atomic E-state index is 12.3. The number of hydrogen-bond donors (Lipinski definition) is 1. The number of hydrogen-bond acceptors (Lipinski definition) is 7. The first kappa shape index (κ1) is 17.8. The third-order valence-corrected chi connectivity index (χ3v) is 4.32. The number of nitrogens with zero attached hydrogens (tertiary/aromatic N) is 1. The van der Waals surface area contributed by atoms with Gasteiger partial charge in [0.15, 0.2) is 16.3 Å². The van der Waals surface area contributed by atoms with Gasteiger partial charge in [0.25, 0.3) is 5.91 Å². The van der Waals surface area contributed by atoms with Gasteiger partial charge in [-0.1, -0.05) is 11.6 Å². The number of fused-ring (bicyclic) bond motifs is 1. The van der Waals surface area contributed by atoms with E-state index in [1.807, 2.05) is 6.92 Å². The van der Waals surface area contributed by atoms with Gasteiger partial charge in [-0.15, -0.1) is 11.3 Å². The van der Waals surface area contributed by atoms with Crippen molar-refractivity contribution in [3.63, 3.8) is 0 Å². The predicted octanol–water partition coefficient (Wildman–Crippen LogP) is 2.92. The summed E-state index contributed by atoms with van der Waals surface area (Å²) in [7, 11) is 0. The molecule has 0 saturated heterocycles. The molecule has 0 aliphatic carbocycles. The first-order valence-corrected chi connectivity index (χ1v) is 8.80. The minimum absolute atomic E-state index is 0.0324. The van der Waals surface area contributed by atoms with E-state index in [9.17, 15) is 14.4 Å².